The van der Waals surface area contributed by atoms with Gasteiger partial charge in [-0.25, -0.2) is 0 Å². The second-order valence-corrected chi connectivity index (χ2v) is 3.65. The molecule has 0 aliphatic rings. The number of nitrogens with zero attached hydrogens (tertiary/aromatic N) is 1. The summed E-state index contributed by atoms with van der Waals surface area (Å²) >= 11 is 0. The SMILES string of the molecule is O=C(CCc1ccc(O)cc1)n1cccc1. The van der Waals surface area contributed by atoms with Crippen molar-refractivity contribution in [3.8, 4) is 5.75 Å². The molecule has 0 unspecified atom stereocenters. The Morgan fingerprint density at radius 2 is 1.75 bits per heavy atom. The van der Waals surface area contributed by atoms with Gasteiger partial charge in [0.05, 0.1) is 0 Å². The molecule has 0 bridgehead atoms. The lowest BCUT2D eigenvalue weighted by atomic mass is 10.1. The van der Waals surface area contributed by atoms with Crippen molar-refractivity contribution in [2.45, 2.75) is 12.8 Å². The zero-order chi connectivity index (χ0) is 11.4. The zero-order valence-electron chi connectivity index (χ0n) is 8.84. The predicted octanol–water partition coefficient (Wildman–Crippen LogP) is 2.47. The minimum atomic E-state index is 0.0816. The highest BCUT2D eigenvalue weighted by molar-refractivity contribution is 5.79. The highest BCUT2D eigenvalue weighted by atomic mass is 16.3. The maximum absolute atomic E-state index is 11.7. The third-order valence-corrected chi connectivity index (χ3v) is 2.46. The van der Waals surface area contributed by atoms with Crippen LogP contribution in [-0.2, 0) is 6.42 Å². The molecule has 0 spiro atoms. The van der Waals surface area contributed by atoms with Crippen LogP contribution in [0.25, 0.3) is 0 Å². The van der Waals surface area contributed by atoms with Gasteiger partial charge in [-0.1, -0.05) is 12.1 Å². The molecule has 0 aliphatic heterocycles. The third-order valence-electron chi connectivity index (χ3n) is 2.46. The molecule has 2 rings (SSSR count). The molecule has 0 radical (unpaired) electrons. The van der Waals surface area contributed by atoms with Crippen LogP contribution in [0.1, 0.15) is 16.8 Å². The van der Waals surface area contributed by atoms with E-state index in [2.05, 4.69) is 0 Å². The lowest BCUT2D eigenvalue weighted by Gasteiger charge is -2.02. The Morgan fingerprint density at radius 3 is 2.38 bits per heavy atom. The van der Waals surface area contributed by atoms with E-state index in [0.29, 0.717) is 12.8 Å². The number of hydrogen-bond acceptors (Lipinski definition) is 2. The van der Waals surface area contributed by atoms with Gasteiger partial charge in [-0.05, 0) is 36.2 Å². The van der Waals surface area contributed by atoms with Crippen LogP contribution in [0.15, 0.2) is 48.8 Å². The van der Waals surface area contributed by atoms with Crippen molar-refractivity contribution in [1.29, 1.82) is 0 Å². The first-order valence-corrected chi connectivity index (χ1v) is 5.20. The van der Waals surface area contributed by atoms with E-state index in [1.54, 1.807) is 29.1 Å². The summed E-state index contributed by atoms with van der Waals surface area (Å²) < 4.78 is 1.58. The van der Waals surface area contributed by atoms with Gasteiger partial charge in [0.2, 0.25) is 5.91 Å². The van der Waals surface area contributed by atoms with E-state index in [9.17, 15) is 4.79 Å². The van der Waals surface area contributed by atoms with E-state index in [1.807, 2.05) is 24.3 Å². The Balaban J connectivity index is 1.93. The summed E-state index contributed by atoms with van der Waals surface area (Å²) in [6.07, 6.45) is 4.66. The van der Waals surface area contributed by atoms with Crippen molar-refractivity contribution in [1.82, 2.24) is 4.57 Å². The summed E-state index contributed by atoms with van der Waals surface area (Å²) in [6.45, 7) is 0. The van der Waals surface area contributed by atoms with Crippen LogP contribution in [0, 0.1) is 0 Å². The van der Waals surface area contributed by atoms with Gasteiger partial charge >= 0.3 is 0 Å². The second-order valence-electron chi connectivity index (χ2n) is 3.65. The van der Waals surface area contributed by atoms with Crippen LogP contribution in [0.2, 0.25) is 0 Å². The number of aromatic hydroxyl groups is 1. The summed E-state index contributed by atoms with van der Waals surface area (Å²) in [5.41, 5.74) is 1.05. The number of aromatic nitrogens is 1. The number of phenols is 1. The second kappa shape index (κ2) is 4.66. The van der Waals surface area contributed by atoms with Gasteiger partial charge in [0.15, 0.2) is 0 Å². The summed E-state index contributed by atoms with van der Waals surface area (Å²) in [5, 5.41) is 9.11. The van der Waals surface area contributed by atoms with Crippen LogP contribution < -0.4 is 0 Å². The van der Waals surface area contributed by atoms with Gasteiger partial charge < -0.3 is 5.11 Å². The molecule has 1 N–H and O–H groups in total. The molecule has 0 saturated carbocycles. The minimum absolute atomic E-state index is 0.0816. The fourth-order valence-corrected chi connectivity index (χ4v) is 1.54. The molecule has 0 aliphatic carbocycles. The molecule has 1 heterocycles. The molecule has 2 aromatic rings. The summed E-state index contributed by atoms with van der Waals surface area (Å²) in [5.74, 6) is 0.332. The van der Waals surface area contributed by atoms with Crippen molar-refractivity contribution in [2.24, 2.45) is 0 Å². The molecule has 1 aromatic heterocycles. The van der Waals surface area contributed by atoms with Crippen LogP contribution >= 0.6 is 0 Å². The Hall–Kier alpha value is -2.03. The monoisotopic (exact) mass is 215 g/mol. The molecular formula is C13H13NO2. The van der Waals surface area contributed by atoms with E-state index >= 15 is 0 Å². The smallest absolute Gasteiger partial charge is 0.230 e. The maximum atomic E-state index is 11.7. The number of carbonyl (C=O) groups excluding carboxylic acids is 1. The molecule has 3 heteroatoms. The quantitative estimate of drug-likeness (QED) is 0.854. The standard InChI is InChI=1S/C13H13NO2/c15-12-6-3-11(4-7-12)5-8-13(16)14-9-1-2-10-14/h1-4,6-7,9-10,15H,5,8H2. The zero-order valence-corrected chi connectivity index (χ0v) is 8.84. The molecule has 3 nitrogen and oxygen atoms in total. The van der Waals surface area contributed by atoms with E-state index in [4.69, 9.17) is 5.11 Å². The topological polar surface area (TPSA) is 42.2 Å². The molecule has 16 heavy (non-hydrogen) atoms. The molecule has 1 aromatic carbocycles. The van der Waals surface area contributed by atoms with Gasteiger partial charge in [-0.3, -0.25) is 9.36 Å². The summed E-state index contributed by atoms with van der Waals surface area (Å²) in [4.78, 5) is 11.7. The Kier molecular flexibility index (Phi) is 3.05. The van der Waals surface area contributed by atoms with Gasteiger partial charge in [-0.15, -0.1) is 0 Å². The molecule has 0 saturated heterocycles. The Labute approximate surface area is 94.0 Å². The van der Waals surface area contributed by atoms with E-state index in [1.165, 1.54) is 0 Å². The number of phenolic OH excluding ortho intramolecular Hbond substituents is 1. The first-order valence-electron chi connectivity index (χ1n) is 5.20. The predicted molar refractivity (Wildman–Crippen MR) is 61.5 cm³/mol. The first-order chi connectivity index (χ1) is 7.75. The number of carbonyl (C=O) groups is 1. The fourth-order valence-electron chi connectivity index (χ4n) is 1.54. The lowest BCUT2D eigenvalue weighted by molar-refractivity contribution is 0.0903. The summed E-state index contributed by atoms with van der Waals surface area (Å²) in [7, 11) is 0. The molecular weight excluding hydrogens is 202 g/mol. The number of benzene rings is 1. The first kappa shape index (κ1) is 10.5. The van der Waals surface area contributed by atoms with Crippen LogP contribution in [0.3, 0.4) is 0 Å². The average Bonchev–Trinajstić information content (AvgIpc) is 2.81. The number of rotatable bonds is 3. The largest absolute Gasteiger partial charge is 0.508 e. The maximum Gasteiger partial charge on any atom is 0.230 e. The molecule has 82 valence electrons. The normalized spacial score (nSPS) is 10.2. The lowest BCUT2D eigenvalue weighted by Crippen LogP contribution is -2.08. The van der Waals surface area contributed by atoms with Crippen molar-refractivity contribution in [3.63, 3.8) is 0 Å². The van der Waals surface area contributed by atoms with E-state index in [-0.39, 0.29) is 11.7 Å². The number of aryl methyl sites for hydroxylation is 1. The van der Waals surface area contributed by atoms with Gasteiger partial charge in [0.1, 0.15) is 5.75 Å². The van der Waals surface area contributed by atoms with Crippen molar-refractivity contribution >= 4 is 5.91 Å². The molecule has 0 atom stereocenters. The van der Waals surface area contributed by atoms with Gasteiger partial charge in [0.25, 0.3) is 0 Å². The van der Waals surface area contributed by atoms with Crippen molar-refractivity contribution < 1.29 is 9.90 Å². The van der Waals surface area contributed by atoms with E-state index in [0.717, 1.165) is 5.56 Å². The Morgan fingerprint density at radius 1 is 1.12 bits per heavy atom. The molecule has 0 fully saturated rings. The van der Waals surface area contributed by atoms with Crippen LogP contribution in [0.5, 0.6) is 5.75 Å². The average molecular weight is 215 g/mol. The minimum Gasteiger partial charge on any atom is -0.508 e. The van der Waals surface area contributed by atoms with E-state index < -0.39 is 0 Å². The summed E-state index contributed by atoms with van der Waals surface area (Å²) in [6, 6.07) is 10.6. The highest BCUT2D eigenvalue weighted by Gasteiger charge is 2.03. The highest BCUT2D eigenvalue weighted by Crippen LogP contribution is 2.11. The Bertz CT molecular complexity index is 457. The number of hydrogen-bond donors (Lipinski definition) is 1. The van der Waals surface area contributed by atoms with Crippen LogP contribution in [0.4, 0.5) is 0 Å². The van der Waals surface area contributed by atoms with Crippen LogP contribution in [-0.4, -0.2) is 15.6 Å². The fraction of sp³-hybridized carbons (Fsp3) is 0.154. The van der Waals surface area contributed by atoms with Crippen molar-refractivity contribution in [2.75, 3.05) is 0 Å². The van der Waals surface area contributed by atoms with Gasteiger partial charge in [0, 0.05) is 18.8 Å². The molecule has 0 amide bonds. The third kappa shape index (κ3) is 2.51. The van der Waals surface area contributed by atoms with Crippen molar-refractivity contribution in [3.05, 3.63) is 54.4 Å². The van der Waals surface area contributed by atoms with Gasteiger partial charge in [-0.2, -0.15) is 0 Å².